The van der Waals surface area contributed by atoms with E-state index in [1.807, 2.05) is 6.92 Å². The second kappa shape index (κ2) is 11.8. The third-order valence-corrected chi connectivity index (χ3v) is 16.4. The van der Waals surface area contributed by atoms with Gasteiger partial charge in [0.1, 0.15) is 6.10 Å². The number of carbonyl (C=O) groups excluding carboxylic acids is 1. The van der Waals surface area contributed by atoms with Crippen LogP contribution in [0.5, 0.6) is 0 Å². The average molecular weight is 477 g/mol. The first-order valence-corrected chi connectivity index (χ1v) is 17.7. The Morgan fingerprint density at radius 1 is 0.903 bits per heavy atom. The van der Waals surface area contributed by atoms with Gasteiger partial charge in [-0.15, -0.1) is 0 Å². The number of ether oxygens (including phenoxy) is 1. The van der Waals surface area contributed by atoms with E-state index >= 15 is 0 Å². The summed E-state index contributed by atoms with van der Waals surface area (Å²) in [5, 5.41) is 11.1. The van der Waals surface area contributed by atoms with Crippen LogP contribution in [-0.2, 0) is 18.4 Å². The lowest BCUT2D eigenvalue weighted by atomic mass is 9.94. The van der Waals surface area contributed by atoms with Crippen LogP contribution >= 0.6 is 0 Å². The van der Waals surface area contributed by atoms with Crippen LogP contribution in [0.25, 0.3) is 0 Å². The fraction of sp³-hybridized carbons (Fsp3) is 0.958. The predicted octanol–water partition coefficient (Wildman–Crippen LogP) is 6.66. The summed E-state index contributed by atoms with van der Waals surface area (Å²) < 4.78 is 18.0. The van der Waals surface area contributed by atoms with Crippen LogP contribution in [0.3, 0.4) is 0 Å². The molecule has 0 rings (SSSR count). The summed E-state index contributed by atoms with van der Waals surface area (Å²) in [7, 11) is -3.65. The highest BCUT2D eigenvalue weighted by atomic mass is 28.4. The van der Waals surface area contributed by atoms with Crippen molar-refractivity contribution in [3.63, 3.8) is 0 Å². The van der Waals surface area contributed by atoms with Gasteiger partial charge in [0.2, 0.25) is 0 Å². The molecule has 0 unspecified atom stereocenters. The van der Waals surface area contributed by atoms with Crippen molar-refractivity contribution in [2.24, 2.45) is 0 Å². The van der Waals surface area contributed by atoms with Crippen LogP contribution < -0.4 is 0 Å². The van der Waals surface area contributed by atoms with E-state index in [2.05, 4.69) is 74.7 Å². The Bertz CT molecular complexity index is 533. The molecule has 0 aliphatic heterocycles. The van der Waals surface area contributed by atoms with Crippen molar-refractivity contribution in [2.75, 3.05) is 6.61 Å². The molecule has 0 amide bonds. The maximum absolute atomic E-state index is 11.0. The van der Waals surface area contributed by atoms with E-state index in [0.29, 0.717) is 32.3 Å². The molecule has 0 aromatic heterocycles. The van der Waals surface area contributed by atoms with Crippen molar-refractivity contribution in [1.82, 2.24) is 0 Å². The zero-order chi connectivity index (χ0) is 24.7. The molecule has 0 aliphatic carbocycles. The molecule has 0 radical (unpaired) electrons. The molecule has 0 aromatic rings. The first-order chi connectivity index (χ1) is 13.7. The summed E-state index contributed by atoms with van der Waals surface area (Å²) in [6.45, 7) is 27.3. The minimum Gasteiger partial charge on any atom is -0.464 e. The van der Waals surface area contributed by atoms with Gasteiger partial charge in [0.15, 0.2) is 16.6 Å². The highest BCUT2D eigenvalue weighted by molar-refractivity contribution is 6.74. The van der Waals surface area contributed by atoms with Crippen LogP contribution in [0.1, 0.15) is 87.5 Å². The molecule has 7 heteroatoms. The molecule has 0 saturated heterocycles. The van der Waals surface area contributed by atoms with E-state index < -0.39 is 22.2 Å². The Kier molecular flexibility index (Phi) is 11.7. The van der Waals surface area contributed by atoms with Crippen LogP contribution in [0.4, 0.5) is 0 Å². The van der Waals surface area contributed by atoms with Crippen molar-refractivity contribution in [2.45, 2.75) is 142 Å². The Labute approximate surface area is 194 Å². The number of carbonyl (C=O) groups is 1. The van der Waals surface area contributed by atoms with Gasteiger partial charge in [-0.1, -0.05) is 41.5 Å². The second-order valence-electron chi connectivity index (χ2n) is 12.5. The van der Waals surface area contributed by atoms with Gasteiger partial charge in [-0.2, -0.15) is 0 Å². The lowest BCUT2D eigenvalue weighted by Crippen LogP contribution is -2.44. The van der Waals surface area contributed by atoms with Gasteiger partial charge in [-0.25, -0.2) is 0 Å². The third kappa shape index (κ3) is 11.5. The van der Waals surface area contributed by atoms with Crippen molar-refractivity contribution >= 4 is 23.1 Å². The van der Waals surface area contributed by atoms with E-state index in [9.17, 15) is 9.90 Å². The highest BCUT2D eigenvalue weighted by Crippen LogP contribution is 2.38. The molecule has 186 valence electrons. The van der Waals surface area contributed by atoms with Crippen LogP contribution in [0.15, 0.2) is 0 Å². The van der Waals surface area contributed by atoms with Gasteiger partial charge >= 0.3 is 0 Å². The zero-order valence-corrected chi connectivity index (χ0v) is 24.6. The van der Waals surface area contributed by atoms with Gasteiger partial charge in [-0.3, -0.25) is 4.79 Å². The minimum absolute atomic E-state index is 0.0318. The Morgan fingerprint density at radius 2 is 1.42 bits per heavy atom. The van der Waals surface area contributed by atoms with E-state index in [0.717, 1.165) is 12.8 Å². The molecule has 1 N–H and O–H groups in total. The Hall–Kier alpha value is -0.216. The molecule has 0 heterocycles. The second-order valence-corrected chi connectivity index (χ2v) is 22.1. The summed E-state index contributed by atoms with van der Waals surface area (Å²) in [5.41, 5.74) is -0.780. The molecule has 0 spiro atoms. The average Bonchev–Trinajstić information content (AvgIpc) is 2.51. The topological polar surface area (TPSA) is 65.0 Å². The number of hydrogen-bond donors (Lipinski definition) is 1. The molecule has 0 saturated carbocycles. The predicted molar refractivity (Wildman–Crippen MR) is 136 cm³/mol. The zero-order valence-electron chi connectivity index (χ0n) is 22.6. The summed E-state index contributed by atoms with van der Waals surface area (Å²) in [4.78, 5) is 11.0. The van der Waals surface area contributed by atoms with E-state index in [1.165, 1.54) is 0 Å². The van der Waals surface area contributed by atoms with Crippen molar-refractivity contribution < 1.29 is 23.5 Å². The summed E-state index contributed by atoms with van der Waals surface area (Å²) in [5.74, 6) is 0. The SMILES string of the molecule is C[C@H](C[C@H](CCC[C@@](C)(O)CCO[Si](C)(C)C(C)(C)C)OC=O)O[Si](C)(C)C(C)(C)C. The summed E-state index contributed by atoms with van der Waals surface area (Å²) in [6, 6.07) is 0. The molecule has 31 heavy (non-hydrogen) atoms. The largest absolute Gasteiger partial charge is 0.464 e. The van der Waals surface area contributed by atoms with Crippen molar-refractivity contribution in [3.8, 4) is 0 Å². The van der Waals surface area contributed by atoms with Gasteiger partial charge in [-0.05, 0) is 75.8 Å². The summed E-state index contributed by atoms with van der Waals surface area (Å²) >= 11 is 0. The van der Waals surface area contributed by atoms with Gasteiger partial charge in [0.05, 0.1) is 5.60 Å². The molecule has 0 aromatic carbocycles. The number of aliphatic hydroxyl groups is 1. The van der Waals surface area contributed by atoms with Gasteiger partial charge in [0, 0.05) is 19.1 Å². The van der Waals surface area contributed by atoms with Crippen LogP contribution in [0, 0.1) is 0 Å². The quantitative estimate of drug-likeness (QED) is 0.224. The van der Waals surface area contributed by atoms with E-state index in [1.54, 1.807) is 0 Å². The Balaban J connectivity index is 4.59. The number of rotatable bonds is 14. The fourth-order valence-electron chi connectivity index (χ4n) is 3.00. The molecule has 0 fully saturated rings. The van der Waals surface area contributed by atoms with Crippen molar-refractivity contribution in [3.05, 3.63) is 0 Å². The lowest BCUT2D eigenvalue weighted by Gasteiger charge is -2.39. The van der Waals surface area contributed by atoms with Crippen molar-refractivity contribution in [1.29, 1.82) is 0 Å². The van der Waals surface area contributed by atoms with Gasteiger partial charge in [0.25, 0.3) is 6.47 Å². The molecule has 0 bridgehead atoms. The first-order valence-electron chi connectivity index (χ1n) is 11.9. The lowest BCUT2D eigenvalue weighted by molar-refractivity contribution is -0.135. The third-order valence-electron chi connectivity index (χ3n) is 7.30. The minimum atomic E-state index is -1.86. The smallest absolute Gasteiger partial charge is 0.293 e. The fourth-order valence-corrected chi connectivity index (χ4v) is 5.50. The highest BCUT2D eigenvalue weighted by Gasteiger charge is 2.39. The summed E-state index contributed by atoms with van der Waals surface area (Å²) in [6.07, 6.45) is 3.32. The Morgan fingerprint density at radius 3 is 1.87 bits per heavy atom. The van der Waals surface area contributed by atoms with E-state index in [4.69, 9.17) is 13.6 Å². The molecule has 5 nitrogen and oxygen atoms in total. The molecule has 0 aliphatic rings. The van der Waals surface area contributed by atoms with Crippen LogP contribution in [-0.4, -0.2) is 52.6 Å². The monoisotopic (exact) mass is 476 g/mol. The van der Waals surface area contributed by atoms with Gasteiger partial charge < -0.3 is 18.7 Å². The molecule has 3 atom stereocenters. The maximum atomic E-state index is 11.0. The molecular formula is C24H52O5Si2. The first kappa shape index (κ1) is 30.8. The maximum Gasteiger partial charge on any atom is 0.293 e. The molecular weight excluding hydrogens is 424 g/mol. The van der Waals surface area contributed by atoms with Crippen LogP contribution in [0.2, 0.25) is 36.3 Å². The standard InChI is InChI=1S/C24H52O5Si2/c1-20(29-31(11,12)23(5,6)7)18-21(27-19-25)14-13-15-24(8,26)16-17-28-30(9,10)22(2,3)4/h19-21,26H,13-18H2,1-12H3/t20-,21+,24-/m1/s1. The number of hydrogen-bond acceptors (Lipinski definition) is 5. The normalized spacial score (nSPS) is 17.7. The van der Waals surface area contributed by atoms with E-state index in [-0.39, 0.29) is 22.3 Å².